The maximum absolute atomic E-state index is 5.89. The summed E-state index contributed by atoms with van der Waals surface area (Å²) in [4.78, 5) is 0. The van der Waals surface area contributed by atoms with E-state index in [4.69, 9.17) is 5.73 Å². The van der Waals surface area contributed by atoms with Gasteiger partial charge in [-0.25, -0.2) is 0 Å². The molecule has 1 aromatic heterocycles. The molecule has 0 saturated carbocycles. The van der Waals surface area contributed by atoms with Crippen LogP contribution in [0.5, 0.6) is 0 Å². The van der Waals surface area contributed by atoms with E-state index in [2.05, 4.69) is 17.1 Å². The summed E-state index contributed by atoms with van der Waals surface area (Å²) in [5.41, 5.74) is 8.53. The molecule has 0 aromatic carbocycles. The van der Waals surface area contributed by atoms with Gasteiger partial charge in [-0.3, -0.25) is 5.10 Å². The second-order valence-electron chi connectivity index (χ2n) is 3.67. The van der Waals surface area contributed by atoms with Gasteiger partial charge in [-0.1, -0.05) is 0 Å². The lowest BCUT2D eigenvalue weighted by atomic mass is 9.84. The number of hydrogen-bond donors (Lipinski definition) is 2. The molecular formula is C9H15N3. The molecule has 2 rings (SSSR count). The molecule has 3 nitrogen and oxygen atoms in total. The number of aromatic nitrogens is 2. The summed E-state index contributed by atoms with van der Waals surface area (Å²) < 4.78 is 0. The van der Waals surface area contributed by atoms with Gasteiger partial charge in [0.15, 0.2) is 0 Å². The number of aromatic amines is 1. The number of hydrogen-bond acceptors (Lipinski definition) is 2. The standard InChI is InChI=1S/C9H15N3/c1-6(10)8-4-2-3-7-5-11-12-9(7)8/h5-6,8H,2-4,10H2,1H3,(H,11,12). The minimum absolute atomic E-state index is 0.240. The lowest BCUT2D eigenvalue weighted by Gasteiger charge is -2.24. The molecule has 0 aliphatic heterocycles. The first-order chi connectivity index (χ1) is 5.79. The zero-order valence-electron chi connectivity index (χ0n) is 7.38. The van der Waals surface area contributed by atoms with Crippen LogP contribution in [0.4, 0.5) is 0 Å². The molecule has 0 saturated heterocycles. The average Bonchev–Trinajstić information content (AvgIpc) is 2.49. The number of H-pyrrole nitrogens is 1. The second kappa shape index (κ2) is 2.90. The van der Waals surface area contributed by atoms with Gasteiger partial charge in [0.25, 0.3) is 0 Å². The number of nitrogens with one attached hydrogen (secondary N) is 1. The molecule has 0 bridgehead atoms. The SMILES string of the molecule is CC(N)C1CCCc2cn[nH]c21. The highest BCUT2D eigenvalue weighted by Gasteiger charge is 2.24. The summed E-state index contributed by atoms with van der Waals surface area (Å²) in [7, 11) is 0. The summed E-state index contributed by atoms with van der Waals surface area (Å²) in [6.07, 6.45) is 5.55. The van der Waals surface area contributed by atoms with E-state index in [1.807, 2.05) is 6.20 Å². The second-order valence-corrected chi connectivity index (χ2v) is 3.67. The van der Waals surface area contributed by atoms with Gasteiger partial charge in [-0.05, 0) is 31.7 Å². The van der Waals surface area contributed by atoms with Crippen molar-refractivity contribution in [3.63, 3.8) is 0 Å². The highest BCUT2D eigenvalue weighted by molar-refractivity contribution is 5.24. The van der Waals surface area contributed by atoms with Gasteiger partial charge in [0, 0.05) is 17.7 Å². The number of nitrogens with two attached hydrogens (primary N) is 1. The highest BCUT2D eigenvalue weighted by atomic mass is 15.1. The van der Waals surface area contributed by atoms with E-state index in [1.165, 1.54) is 24.1 Å². The molecule has 1 heterocycles. The van der Waals surface area contributed by atoms with Crippen molar-refractivity contribution in [3.8, 4) is 0 Å². The van der Waals surface area contributed by atoms with Crippen LogP contribution in [0.2, 0.25) is 0 Å². The van der Waals surface area contributed by atoms with Gasteiger partial charge in [0.1, 0.15) is 0 Å². The van der Waals surface area contributed by atoms with E-state index < -0.39 is 0 Å². The molecule has 0 fully saturated rings. The van der Waals surface area contributed by atoms with Crippen LogP contribution < -0.4 is 5.73 Å². The first-order valence-electron chi connectivity index (χ1n) is 4.56. The van der Waals surface area contributed by atoms with Gasteiger partial charge < -0.3 is 5.73 Å². The van der Waals surface area contributed by atoms with Crippen LogP contribution in [0, 0.1) is 0 Å². The third kappa shape index (κ3) is 1.14. The normalized spacial score (nSPS) is 25.0. The minimum Gasteiger partial charge on any atom is -0.327 e. The Labute approximate surface area is 72.4 Å². The van der Waals surface area contributed by atoms with Crippen LogP contribution >= 0.6 is 0 Å². The fourth-order valence-corrected chi connectivity index (χ4v) is 2.02. The van der Waals surface area contributed by atoms with Crippen LogP contribution in [-0.2, 0) is 6.42 Å². The maximum atomic E-state index is 5.89. The quantitative estimate of drug-likeness (QED) is 0.656. The molecule has 66 valence electrons. The van der Waals surface area contributed by atoms with Crippen molar-refractivity contribution < 1.29 is 0 Å². The Bertz CT molecular complexity index is 264. The molecule has 2 unspecified atom stereocenters. The van der Waals surface area contributed by atoms with Gasteiger partial charge in [0.2, 0.25) is 0 Å². The smallest absolute Gasteiger partial charge is 0.0522 e. The van der Waals surface area contributed by atoms with Gasteiger partial charge >= 0.3 is 0 Å². The molecule has 0 radical (unpaired) electrons. The van der Waals surface area contributed by atoms with E-state index in [9.17, 15) is 0 Å². The van der Waals surface area contributed by atoms with Crippen molar-refractivity contribution >= 4 is 0 Å². The Morgan fingerprint density at radius 3 is 3.33 bits per heavy atom. The lowest BCUT2D eigenvalue weighted by molar-refractivity contribution is 0.475. The highest BCUT2D eigenvalue weighted by Crippen LogP contribution is 2.31. The molecular weight excluding hydrogens is 150 g/mol. The molecule has 2 atom stereocenters. The van der Waals surface area contributed by atoms with E-state index >= 15 is 0 Å². The van der Waals surface area contributed by atoms with E-state index in [0.717, 1.165) is 6.42 Å². The summed E-state index contributed by atoms with van der Waals surface area (Å²) in [6, 6.07) is 0.240. The minimum atomic E-state index is 0.240. The fraction of sp³-hybridized carbons (Fsp3) is 0.667. The van der Waals surface area contributed by atoms with Crippen molar-refractivity contribution in [3.05, 3.63) is 17.5 Å². The number of rotatable bonds is 1. The van der Waals surface area contributed by atoms with Crippen LogP contribution in [0.15, 0.2) is 6.20 Å². The monoisotopic (exact) mass is 165 g/mol. The van der Waals surface area contributed by atoms with Crippen LogP contribution in [0.25, 0.3) is 0 Å². The van der Waals surface area contributed by atoms with Gasteiger partial charge in [-0.2, -0.15) is 5.10 Å². The van der Waals surface area contributed by atoms with E-state index in [-0.39, 0.29) is 6.04 Å². The third-order valence-electron chi connectivity index (χ3n) is 2.72. The zero-order chi connectivity index (χ0) is 8.55. The summed E-state index contributed by atoms with van der Waals surface area (Å²) in [6.45, 7) is 2.07. The predicted octanol–water partition coefficient (Wildman–Crippen LogP) is 1.18. The number of nitrogens with zero attached hydrogens (tertiary/aromatic N) is 1. The molecule has 1 aliphatic rings. The summed E-state index contributed by atoms with van der Waals surface area (Å²) >= 11 is 0. The third-order valence-corrected chi connectivity index (χ3v) is 2.72. The largest absolute Gasteiger partial charge is 0.327 e. The van der Waals surface area contributed by atoms with E-state index in [1.54, 1.807) is 0 Å². The van der Waals surface area contributed by atoms with E-state index in [0.29, 0.717) is 5.92 Å². The van der Waals surface area contributed by atoms with Crippen molar-refractivity contribution in [2.24, 2.45) is 5.73 Å². The number of fused-ring (bicyclic) bond motifs is 1. The Morgan fingerprint density at radius 1 is 1.75 bits per heavy atom. The molecule has 12 heavy (non-hydrogen) atoms. The molecule has 0 amide bonds. The van der Waals surface area contributed by atoms with Crippen LogP contribution in [0.1, 0.15) is 36.9 Å². The van der Waals surface area contributed by atoms with Gasteiger partial charge in [-0.15, -0.1) is 0 Å². The first kappa shape index (κ1) is 7.80. The van der Waals surface area contributed by atoms with Crippen LogP contribution in [-0.4, -0.2) is 16.2 Å². The molecule has 0 spiro atoms. The predicted molar refractivity (Wildman–Crippen MR) is 47.9 cm³/mol. The topological polar surface area (TPSA) is 54.7 Å². The lowest BCUT2D eigenvalue weighted by Crippen LogP contribution is -2.27. The fourth-order valence-electron chi connectivity index (χ4n) is 2.02. The molecule has 1 aliphatic carbocycles. The Kier molecular flexibility index (Phi) is 1.89. The van der Waals surface area contributed by atoms with Gasteiger partial charge in [0.05, 0.1) is 6.20 Å². The number of aryl methyl sites for hydroxylation is 1. The average molecular weight is 165 g/mol. The Hall–Kier alpha value is -0.830. The Morgan fingerprint density at radius 2 is 2.58 bits per heavy atom. The maximum Gasteiger partial charge on any atom is 0.0522 e. The van der Waals surface area contributed by atoms with Crippen molar-refractivity contribution in [1.82, 2.24) is 10.2 Å². The molecule has 3 N–H and O–H groups in total. The van der Waals surface area contributed by atoms with Crippen molar-refractivity contribution in [2.45, 2.75) is 38.1 Å². The molecule has 3 heteroatoms. The molecule has 1 aromatic rings. The van der Waals surface area contributed by atoms with Crippen molar-refractivity contribution in [1.29, 1.82) is 0 Å². The summed E-state index contributed by atoms with van der Waals surface area (Å²) in [5.74, 6) is 0.497. The first-order valence-corrected chi connectivity index (χ1v) is 4.56. The zero-order valence-corrected chi connectivity index (χ0v) is 7.38. The summed E-state index contributed by atoms with van der Waals surface area (Å²) in [5, 5.41) is 7.11. The van der Waals surface area contributed by atoms with Crippen molar-refractivity contribution in [2.75, 3.05) is 0 Å². The van der Waals surface area contributed by atoms with Crippen LogP contribution in [0.3, 0.4) is 0 Å². The Balaban J connectivity index is 2.31.